The lowest BCUT2D eigenvalue weighted by Gasteiger charge is -2.08. The molecule has 0 atom stereocenters. The van der Waals surface area contributed by atoms with Gasteiger partial charge in [-0.3, -0.25) is 4.72 Å². The molecule has 132 valence electrons. The number of nitrogens with zero attached hydrogens (tertiary/aromatic N) is 2. The lowest BCUT2D eigenvalue weighted by Crippen LogP contribution is -2.12. The molecule has 0 aromatic heterocycles. The molecule has 0 amide bonds. The second kappa shape index (κ2) is 7.79. The zero-order valence-corrected chi connectivity index (χ0v) is 14.8. The first kappa shape index (κ1) is 17.6. The third kappa shape index (κ3) is 4.46. The van der Waals surface area contributed by atoms with Gasteiger partial charge < -0.3 is 4.74 Å². The highest BCUT2D eigenvalue weighted by Crippen LogP contribution is 2.22. The van der Waals surface area contributed by atoms with Crippen LogP contribution in [-0.2, 0) is 10.0 Å². The fourth-order valence-electron chi connectivity index (χ4n) is 2.18. The Labute approximate surface area is 152 Å². The first-order chi connectivity index (χ1) is 12.6. The maximum absolute atomic E-state index is 12.4. The topological polar surface area (TPSA) is 80.1 Å². The molecule has 3 aromatic rings. The summed E-state index contributed by atoms with van der Waals surface area (Å²) in [7, 11) is -2.14. The maximum Gasteiger partial charge on any atom is 0.261 e. The molecule has 0 unspecified atom stereocenters. The second-order valence-electron chi connectivity index (χ2n) is 5.36. The summed E-state index contributed by atoms with van der Waals surface area (Å²) in [5.41, 5.74) is 1.82. The molecule has 0 aliphatic heterocycles. The van der Waals surface area contributed by atoms with Crippen molar-refractivity contribution in [3.05, 3.63) is 78.9 Å². The Morgan fingerprint density at radius 3 is 1.92 bits per heavy atom. The molecule has 0 bridgehead atoms. The highest BCUT2D eigenvalue weighted by Gasteiger charge is 2.14. The summed E-state index contributed by atoms with van der Waals surface area (Å²) < 4.78 is 32.4. The molecule has 7 heteroatoms. The van der Waals surface area contributed by atoms with Gasteiger partial charge in [-0.2, -0.15) is 10.2 Å². The van der Waals surface area contributed by atoms with Crippen LogP contribution in [0.3, 0.4) is 0 Å². The van der Waals surface area contributed by atoms with Crippen LogP contribution in [0.1, 0.15) is 0 Å². The number of methoxy groups -OCH3 is 1. The van der Waals surface area contributed by atoms with Crippen LogP contribution in [0, 0.1) is 0 Å². The van der Waals surface area contributed by atoms with Crippen LogP contribution in [-0.4, -0.2) is 15.5 Å². The summed E-state index contributed by atoms with van der Waals surface area (Å²) in [5.74, 6) is 0.595. The van der Waals surface area contributed by atoms with E-state index in [9.17, 15) is 8.42 Å². The van der Waals surface area contributed by atoms with Gasteiger partial charge in [-0.15, -0.1) is 0 Å². The predicted molar refractivity (Wildman–Crippen MR) is 101 cm³/mol. The van der Waals surface area contributed by atoms with Gasteiger partial charge in [-0.25, -0.2) is 8.42 Å². The summed E-state index contributed by atoms with van der Waals surface area (Å²) >= 11 is 0. The summed E-state index contributed by atoms with van der Waals surface area (Å²) in [6, 6.07) is 22.2. The van der Waals surface area contributed by atoms with E-state index in [0.717, 1.165) is 5.69 Å². The predicted octanol–water partition coefficient (Wildman–Crippen LogP) is 4.91. The molecule has 1 N–H and O–H groups in total. The molecule has 0 saturated heterocycles. The van der Waals surface area contributed by atoms with Crippen LogP contribution in [0.5, 0.6) is 5.75 Å². The zero-order chi connectivity index (χ0) is 18.4. The second-order valence-corrected chi connectivity index (χ2v) is 7.05. The van der Waals surface area contributed by atoms with E-state index in [0.29, 0.717) is 17.1 Å². The average Bonchev–Trinajstić information content (AvgIpc) is 2.68. The number of azo groups is 1. The van der Waals surface area contributed by atoms with Gasteiger partial charge in [0.15, 0.2) is 0 Å². The smallest absolute Gasteiger partial charge is 0.261 e. The van der Waals surface area contributed by atoms with Crippen molar-refractivity contribution >= 4 is 27.1 Å². The van der Waals surface area contributed by atoms with Crippen molar-refractivity contribution in [3.63, 3.8) is 0 Å². The van der Waals surface area contributed by atoms with E-state index in [1.165, 1.54) is 19.2 Å². The molecule has 3 aromatic carbocycles. The van der Waals surface area contributed by atoms with Crippen molar-refractivity contribution in [1.29, 1.82) is 0 Å². The highest BCUT2D eigenvalue weighted by molar-refractivity contribution is 7.92. The van der Waals surface area contributed by atoms with Crippen molar-refractivity contribution in [1.82, 2.24) is 0 Å². The van der Waals surface area contributed by atoms with Crippen molar-refractivity contribution < 1.29 is 13.2 Å². The van der Waals surface area contributed by atoms with E-state index in [2.05, 4.69) is 15.0 Å². The van der Waals surface area contributed by atoms with Crippen molar-refractivity contribution in [2.24, 2.45) is 10.2 Å². The summed E-state index contributed by atoms with van der Waals surface area (Å²) in [6.07, 6.45) is 0. The maximum atomic E-state index is 12.4. The van der Waals surface area contributed by atoms with Crippen LogP contribution in [0.25, 0.3) is 0 Å². The lowest BCUT2D eigenvalue weighted by atomic mass is 10.3. The third-order valence-electron chi connectivity index (χ3n) is 3.53. The Bertz CT molecular complexity index is 984. The van der Waals surface area contributed by atoms with E-state index in [4.69, 9.17) is 4.74 Å². The Balaban J connectivity index is 1.71. The standard InChI is InChI=1S/C19H17N3O3S/c1-25-18-11-13-19(14-12-18)26(23,24)22-17-9-7-16(8-10-17)21-20-15-5-3-2-4-6-15/h2-14,22H,1H3. The minimum Gasteiger partial charge on any atom is -0.497 e. The van der Waals surface area contributed by atoms with Gasteiger partial charge in [0.2, 0.25) is 0 Å². The minimum absolute atomic E-state index is 0.158. The van der Waals surface area contributed by atoms with E-state index < -0.39 is 10.0 Å². The molecular formula is C19H17N3O3S. The Hall–Kier alpha value is -3.19. The Morgan fingerprint density at radius 2 is 1.35 bits per heavy atom. The first-order valence-electron chi connectivity index (χ1n) is 7.80. The number of sulfonamides is 1. The fourth-order valence-corrected chi connectivity index (χ4v) is 3.23. The zero-order valence-electron chi connectivity index (χ0n) is 14.0. The Morgan fingerprint density at radius 1 is 0.769 bits per heavy atom. The minimum atomic E-state index is -3.67. The summed E-state index contributed by atoms with van der Waals surface area (Å²) in [4.78, 5) is 0.158. The number of benzene rings is 3. The van der Waals surface area contributed by atoms with Gasteiger partial charge in [-0.05, 0) is 60.7 Å². The van der Waals surface area contributed by atoms with Gasteiger partial charge in [0.25, 0.3) is 10.0 Å². The van der Waals surface area contributed by atoms with Crippen LogP contribution in [0.2, 0.25) is 0 Å². The number of hydrogen-bond acceptors (Lipinski definition) is 5. The van der Waals surface area contributed by atoms with E-state index in [-0.39, 0.29) is 4.90 Å². The lowest BCUT2D eigenvalue weighted by molar-refractivity contribution is 0.414. The molecule has 0 heterocycles. The largest absolute Gasteiger partial charge is 0.497 e. The number of anilines is 1. The highest BCUT2D eigenvalue weighted by atomic mass is 32.2. The van der Waals surface area contributed by atoms with Crippen LogP contribution in [0.15, 0.2) is 94.0 Å². The monoisotopic (exact) mass is 367 g/mol. The van der Waals surface area contributed by atoms with Gasteiger partial charge in [-0.1, -0.05) is 18.2 Å². The van der Waals surface area contributed by atoms with Crippen molar-refractivity contribution in [2.75, 3.05) is 11.8 Å². The molecule has 6 nitrogen and oxygen atoms in total. The Kier molecular flexibility index (Phi) is 5.28. The first-order valence-corrected chi connectivity index (χ1v) is 9.29. The summed E-state index contributed by atoms with van der Waals surface area (Å²) in [5, 5.41) is 8.24. The number of rotatable bonds is 6. The molecular weight excluding hydrogens is 350 g/mol. The van der Waals surface area contributed by atoms with Gasteiger partial charge in [0.05, 0.1) is 23.4 Å². The fraction of sp³-hybridized carbons (Fsp3) is 0.0526. The van der Waals surface area contributed by atoms with Crippen LogP contribution in [0.4, 0.5) is 17.1 Å². The van der Waals surface area contributed by atoms with Crippen LogP contribution >= 0.6 is 0 Å². The molecule has 0 fully saturated rings. The molecule has 3 rings (SSSR count). The van der Waals surface area contributed by atoms with Gasteiger partial charge >= 0.3 is 0 Å². The molecule has 0 radical (unpaired) electrons. The van der Waals surface area contributed by atoms with Crippen molar-refractivity contribution in [2.45, 2.75) is 4.90 Å². The quantitative estimate of drug-likeness (QED) is 0.629. The molecule has 0 saturated carbocycles. The third-order valence-corrected chi connectivity index (χ3v) is 4.92. The molecule has 0 aliphatic carbocycles. The number of ether oxygens (including phenoxy) is 1. The molecule has 0 spiro atoms. The van der Waals surface area contributed by atoms with Crippen molar-refractivity contribution in [3.8, 4) is 5.75 Å². The normalized spacial score (nSPS) is 11.4. The van der Waals surface area contributed by atoms with Gasteiger partial charge in [0, 0.05) is 5.69 Å². The SMILES string of the molecule is COc1ccc(S(=O)(=O)Nc2ccc(N=Nc3ccccc3)cc2)cc1. The number of hydrogen-bond donors (Lipinski definition) is 1. The van der Waals surface area contributed by atoms with E-state index in [1.54, 1.807) is 36.4 Å². The summed E-state index contributed by atoms with van der Waals surface area (Å²) in [6.45, 7) is 0. The number of nitrogens with one attached hydrogen (secondary N) is 1. The average molecular weight is 367 g/mol. The van der Waals surface area contributed by atoms with Gasteiger partial charge in [0.1, 0.15) is 5.75 Å². The molecule has 0 aliphatic rings. The van der Waals surface area contributed by atoms with Crippen LogP contribution < -0.4 is 9.46 Å². The van der Waals surface area contributed by atoms with E-state index >= 15 is 0 Å². The van der Waals surface area contributed by atoms with E-state index in [1.807, 2.05) is 30.3 Å². The molecule has 26 heavy (non-hydrogen) atoms.